The fourth-order valence-corrected chi connectivity index (χ4v) is 3.97. The van der Waals surface area contributed by atoms with Crippen molar-refractivity contribution in [3.05, 3.63) is 106 Å². The molecule has 0 atom stereocenters. The van der Waals surface area contributed by atoms with Gasteiger partial charge in [0.25, 0.3) is 0 Å². The fraction of sp³-hybridized carbons (Fsp3) is 0.290. The molecule has 2 N–H and O–H groups in total. The number of benzene rings is 2. The molecule has 0 saturated heterocycles. The van der Waals surface area contributed by atoms with E-state index in [1.165, 1.54) is 24.3 Å². The van der Waals surface area contributed by atoms with Crippen LogP contribution in [-0.4, -0.2) is 23.1 Å². The Hall–Kier alpha value is -4.16. The van der Waals surface area contributed by atoms with Crippen molar-refractivity contribution in [3.8, 4) is 0 Å². The van der Waals surface area contributed by atoms with E-state index in [0.29, 0.717) is 36.0 Å². The Labute approximate surface area is 244 Å². The van der Waals surface area contributed by atoms with Gasteiger partial charge in [-0.25, -0.2) is 9.97 Å². The maximum atomic E-state index is 12.7. The molecule has 4 rings (SSSR count). The van der Waals surface area contributed by atoms with Crippen LogP contribution in [0.3, 0.4) is 0 Å². The first kappa shape index (κ1) is 31.8. The first-order valence-electron chi connectivity index (χ1n) is 13.6. The van der Waals surface area contributed by atoms with Crippen LogP contribution in [0.4, 0.5) is 26.3 Å². The number of rotatable bonds is 14. The quantitative estimate of drug-likeness (QED) is 0.112. The monoisotopic (exact) mass is 604 g/mol. The maximum absolute atomic E-state index is 12.7. The zero-order valence-corrected chi connectivity index (χ0v) is 23.0. The van der Waals surface area contributed by atoms with Crippen molar-refractivity contribution in [1.29, 1.82) is 0 Å². The van der Waals surface area contributed by atoms with E-state index in [0.717, 1.165) is 68.0 Å². The molecule has 0 spiro atoms. The van der Waals surface area contributed by atoms with Gasteiger partial charge in [-0.2, -0.15) is 26.3 Å². The van der Waals surface area contributed by atoms with Crippen molar-refractivity contribution in [2.45, 2.75) is 44.7 Å². The second-order valence-electron chi connectivity index (χ2n) is 9.67. The van der Waals surface area contributed by atoms with E-state index in [-0.39, 0.29) is 0 Å². The van der Waals surface area contributed by atoms with E-state index in [1.54, 1.807) is 36.8 Å². The smallest absolute Gasteiger partial charge is 0.416 e. The highest BCUT2D eigenvalue weighted by Crippen LogP contribution is 2.30. The zero-order valence-electron chi connectivity index (χ0n) is 23.0. The normalized spacial score (nSPS) is 12.6. The minimum absolute atomic E-state index is 0.372. The molecule has 0 amide bonds. The number of nitrogens with zero attached hydrogens (tertiary/aromatic N) is 2. The van der Waals surface area contributed by atoms with Crippen molar-refractivity contribution in [2.24, 2.45) is 0 Å². The topological polar surface area (TPSA) is 76.1 Å². The summed E-state index contributed by atoms with van der Waals surface area (Å²) in [4.78, 5) is 8.70. The van der Waals surface area contributed by atoms with Gasteiger partial charge in [0.15, 0.2) is 0 Å². The Kier molecular flexibility index (Phi) is 11.0. The van der Waals surface area contributed by atoms with Crippen molar-refractivity contribution in [2.75, 3.05) is 13.1 Å². The van der Waals surface area contributed by atoms with Crippen LogP contribution in [-0.2, 0) is 25.4 Å². The molecule has 0 radical (unpaired) electrons. The molecule has 0 fully saturated rings. The zero-order chi connectivity index (χ0) is 30.7. The molecule has 6 nitrogen and oxygen atoms in total. The Morgan fingerprint density at radius 1 is 0.558 bits per heavy atom. The number of hydrogen-bond acceptors (Lipinski definition) is 6. The molecule has 2 heterocycles. The van der Waals surface area contributed by atoms with E-state index < -0.39 is 23.5 Å². The molecule has 0 aliphatic carbocycles. The van der Waals surface area contributed by atoms with Gasteiger partial charge in [0.05, 0.1) is 22.5 Å². The number of hydrogen-bond donors (Lipinski definition) is 2. The highest BCUT2D eigenvalue weighted by atomic mass is 19.4. The molecule has 0 saturated carbocycles. The SMILES string of the molecule is FC(F)(F)c1ccc(/C=C/c2nc(CNCCCCCNCc3coc(/C=C/c4ccc(C(F)(F)F)cc4)n3)co2)cc1. The summed E-state index contributed by atoms with van der Waals surface area (Å²) in [6, 6.07) is 9.69. The van der Waals surface area contributed by atoms with Gasteiger partial charge in [-0.3, -0.25) is 0 Å². The number of unbranched alkanes of at least 4 members (excludes halogenated alkanes) is 2. The van der Waals surface area contributed by atoms with E-state index >= 15 is 0 Å². The highest BCUT2D eigenvalue weighted by molar-refractivity contribution is 5.66. The van der Waals surface area contributed by atoms with Gasteiger partial charge in [-0.05, 0) is 73.5 Å². The van der Waals surface area contributed by atoms with Crippen LogP contribution in [0.15, 0.2) is 69.9 Å². The Balaban J connectivity index is 1.05. The molecule has 4 aromatic rings. The summed E-state index contributed by atoms with van der Waals surface area (Å²) in [6.45, 7) is 2.69. The van der Waals surface area contributed by atoms with Crippen LogP contribution in [0.1, 0.15) is 64.7 Å². The largest absolute Gasteiger partial charge is 0.445 e. The lowest BCUT2D eigenvalue weighted by molar-refractivity contribution is -0.138. The third kappa shape index (κ3) is 10.6. The molecular formula is C31H30F6N4O2. The van der Waals surface area contributed by atoms with E-state index in [4.69, 9.17) is 8.83 Å². The van der Waals surface area contributed by atoms with Crippen molar-refractivity contribution in [1.82, 2.24) is 20.6 Å². The molecule has 12 heteroatoms. The number of nitrogens with one attached hydrogen (secondary N) is 2. The summed E-state index contributed by atoms with van der Waals surface area (Å²) < 4.78 is 86.8. The van der Waals surface area contributed by atoms with Gasteiger partial charge in [0, 0.05) is 25.2 Å². The summed E-state index contributed by atoms with van der Waals surface area (Å²) in [5.41, 5.74) is 1.29. The van der Waals surface area contributed by atoms with Gasteiger partial charge >= 0.3 is 12.4 Å². The van der Waals surface area contributed by atoms with Gasteiger partial charge in [-0.1, -0.05) is 30.7 Å². The third-order valence-electron chi connectivity index (χ3n) is 6.27. The lowest BCUT2D eigenvalue weighted by Crippen LogP contribution is -2.17. The summed E-state index contributed by atoms with van der Waals surface area (Å²) in [6.07, 6.45) is 3.83. The molecule has 0 unspecified atom stereocenters. The van der Waals surface area contributed by atoms with Crippen LogP contribution in [0.25, 0.3) is 24.3 Å². The molecule has 228 valence electrons. The standard InChI is InChI=1S/C31H30F6N4O2/c32-30(33,34)24-10-4-22(5-11-24)8-14-28-40-26(20-42-28)18-38-16-2-1-3-17-39-19-27-21-43-29(41-27)15-9-23-6-12-25(13-7-23)31(35,36)37/h4-15,20-21,38-39H,1-3,16-19H2/b14-8+,15-9+. The van der Waals surface area contributed by atoms with Crippen molar-refractivity contribution in [3.63, 3.8) is 0 Å². The molecule has 43 heavy (non-hydrogen) atoms. The van der Waals surface area contributed by atoms with E-state index in [2.05, 4.69) is 20.6 Å². The van der Waals surface area contributed by atoms with Gasteiger partial charge in [-0.15, -0.1) is 0 Å². The predicted octanol–water partition coefficient (Wildman–Crippen LogP) is 8.09. The Morgan fingerprint density at radius 2 is 0.953 bits per heavy atom. The molecule has 0 aliphatic rings. The van der Waals surface area contributed by atoms with Gasteiger partial charge < -0.3 is 19.5 Å². The summed E-state index contributed by atoms with van der Waals surface area (Å²) >= 11 is 0. The lowest BCUT2D eigenvalue weighted by Gasteiger charge is -2.05. The average Bonchev–Trinajstić information content (AvgIpc) is 3.63. The van der Waals surface area contributed by atoms with Crippen molar-refractivity contribution >= 4 is 24.3 Å². The summed E-state index contributed by atoms with van der Waals surface area (Å²) in [5.74, 6) is 0.745. The van der Waals surface area contributed by atoms with Crippen molar-refractivity contribution < 1.29 is 35.2 Å². The van der Waals surface area contributed by atoms with Crippen LogP contribution in [0, 0.1) is 0 Å². The summed E-state index contributed by atoms with van der Waals surface area (Å²) in [5, 5.41) is 6.62. The van der Waals surface area contributed by atoms with Crippen LogP contribution < -0.4 is 10.6 Å². The minimum atomic E-state index is -4.36. The summed E-state index contributed by atoms with van der Waals surface area (Å²) in [7, 11) is 0. The Morgan fingerprint density at radius 3 is 1.33 bits per heavy atom. The molecule has 0 aliphatic heterocycles. The molecule has 0 bridgehead atoms. The number of halogens is 6. The molecular weight excluding hydrogens is 574 g/mol. The Bertz CT molecular complexity index is 1360. The molecule has 2 aromatic heterocycles. The lowest BCUT2D eigenvalue weighted by atomic mass is 10.1. The second kappa shape index (κ2) is 14.8. The third-order valence-corrected chi connectivity index (χ3v) is 6.27. The second-order valence-corrected chi connectivity index (χ2v) is 9.67. The van der Waals surface area contributed by atoms with Crippen LogP contribution in [0.5, 0.6) is 0 Å². The first-order valence-corrected chi connectivity index (χ1v) is 13.6. The minimum Gasteiger partial charge on any atom is -0.445 e. The predicted molar refractivity (Wildman–Crippen MR) is 151 cm³/mol. The van der Waals surface area contributed by atoms with E-state index in [9.17, 15) is 26.3 Å². The fourth-order valence-electron chi connectivity index (χ4n) is 3.97. The average molecular weight is 605 g/mol. The maximum Gasteiger partial charge on any atom is 0.416 e. The van der Waals surface area contributed by atoms with Crippen LogP contribution >= 0.6 is 0 Å². The van der Waals surface area contributed by atoms with E-state index in [1.807, 2.05) is 0 Å². The number of alkyl halides is 6. The highest BCUT2D eigenvalue weighted by Gasteiger charge is 2.30. The molecule has 2 aromatic carbocycles. The van der Waals surface area contributed by atoms with Gasteiger partial charge in [0.2, 0.25) is 11.8 Å². The van der Waals surface area contributed by atoms with Crippen LogP contribution in [0.2, 0.25) is 0 Å². The number of aromatic nitrogens is 2. The first-order chi connectivity index (χ1) is 20.6. The van der Waals surface area contributed by atoms with Gasteiger partial charge in [0.1, 0.15) is 12.5 Å². The number of oxazole rings is 2.